The summed E-state index contributed by atoms with van der Waals surface area (Å²) in [6.45, 7) is 22.8. The highest BCUT2D eigenvalue weighted by Crippen LogP contribution is 2.36. The molecule has 2 aliphatic carbocycles. The first-order valence-corrected chi connectivity index (χ1v) is 28.8. The van der Waals surface area contributed by atoms with Crippen molar-refractivity contribution in [3.8, 4) is 0 Å². The molecule has 2 saturated heterocycles. The van der Waals surface area contributed by atoms with E-state index in [2.05, 4.69) is 49.0 Å². The number of rotatable bonds is 20. The van der Waals surface area contributed by atoms with Gasteiger partial charge in [-0.3, -0.25) is 28.3 Å². The molecule has 0 aromatic rings. The highest BCUT2D eigenvalue weighted by Gasteiger charge is 2.46. The van der Waals surface area contributed by atoms with E-state index in [1.807, 2.05) is 41.5 Å². The molecule has 4 rings (SSSR count). The Morgan fingerprint density at radius 3 is 1.20 bits per heavy atom. The summed E-state index contributed by atoms with van der Waals surface area (Å²) in [5.74, 6) is 0.257. The molecule has 0 aromatic heterocycles. The Bertz CT molecular complexity index is 1670. The molecule has 10 N–H and O–H groups in total. The van der Waals surface area contributed by atoms with Crippen LogP contribution < -0.4 is 32.7 Å². The molecule has 4 fully saturated rings. The van der Waals surface area contributed by atoms with Crippen LogP contribution >= 0.6 is 23.5 Å². The van der Waals surface area contributed by atoms with Crippen LogP contribution in [-0.2, 0) is 39.1 Å². The maximum atomic E-state index is 13.7. The molecule has 71 heavy (non-hydrogen) atoms. The first kappa shape index (κ1) is 64.0. The second-order valence-electron chi connectivity index (χ2n) is 20.8. The number of nitrogens with one attached hydrogen (secondary N) is 4. The first-order valence-electron chi connectivity index (χ1n) is 25.7. The fourth-order valence-electron chi connectivity index (χ4n) is 9.57. The quantitative estimate of drug-likeness (QED) is 0.0706. The minimum absolute atomic E-state index is 0.0997. The Morgan fingerprint density at radius 1 is 0.606 bits per heavy atom. The van der Waals surface area contributed by atoms with E-state index in [0.29, 0.717) is 76.9 Å². The molecule has 412 valence electrons. The summed E-state index contributed by atoms with van der Waals surface area (Å²) in [6.07, 6.45) is 11.1. The van der Waals surface area contributed by atoms with E-state index in [1.54, 1.807) is 33.3 Å². The van der Waals surface area contributed by atoms with Crippen molar-refractivity contribution in [2.24, 2.45) is 23.3 Å². The third-order valence-electron chi connectivity index (χ3n) is 13.0. The lowest BCUT2D eigenvalue weighted by atomic mass is 9.86. The topological polar surface area (TPSA) is 302 Å². The van der Waals surface area contributed by atoms with Gasteiger partial charge in [0.1, 0.15) is 24.2 Å². The number of hydrogen-bond donors (Lipinski definition) is 8. The molecule has 23 heteroatoms. The zero-order valence-electron chi connectivity index (χ0n) is 44.2. The number of thioether (sulfide) groups is 2. The van der Waals surface area contributed by atoms with E-state index < -0.39 is 56.2 Å². The van der Waals surface area contributed by atoms with Gasteiger partial charge in [0.2, 0.25) is 23.6 Å². The van der Waals surface area contributed by atoms with E-state index >= 15 is 0 Å². The number of carbonyl (C=O) groups is 6. The Balaban J connectivity index is 0.000000444. The van der Waals surface area contributed by atoms with Crippen LogP contribution in [0.1, 0.15) is 159 Å². The molecule has 2 heterocycles. The zero-order valence-corrected chi connectivity index (χ0v) is 46.6. The van der Waals surface area contributed by atoms with Gasteiger partial charge in [-0.15, -0.1) is 0 Å². The van der Waals surface area contributed by atoms with Gasteiger partial charge in [-0.2, -0.15) is 31.9 Å². The SMILES string of the molecule is CCCOC(=O)N[C@@H](C(=O)N1CCC[C@H]1C(=O)NC[C@H]1CC[C@H](N)CC1)C(C)(C)SC(C)C.CCCOC(=O)N[C@@H](C(=O)N1CCC[C@H]1C(=O)NC[C@H]1CC[C@H](N)CC1)C(C)(C)SC(C)C.O=S(=O)(O)O. The molecule has 0 spiro atoms. The van der Waals surface area contributed by atoms with Gasteiger partial charge >= 0.3 is 22.6 Å². The molecule has 6 amide bonds. The molecule has 0 bridgehead atoms. The van der Waals surface area contributed by atoms with E-state index in [-0.39, 0.29) is 46.2 Å². The normalized spacial score (nSPS) is 23.5. The van der Waals surface area contributed by atoms with Crippen LogP contribution in [0.4, 0.5) is 9.59 Å². The summed E-state index contributed by atoms with van der Waals surface area (Å²) >= 11 is 3.26. The van der Waals surface area contributed by atoms with Crippen LogP contribution in [0.15, 0.2) is 0 Å². The number of carbonyl (C=O) groups excluding carboxylic acids is 6. The Hall–Kier alpha value is -3.09. The number of ether oxygens (including phenoxy) is 2. The highest BCUT2D eigenvalue weighted by atomic mass is 32.3. The molecule has 2 saturated carbocycles. The van der Waals surface area contributed by atoms with Gasteiger partial charge in [-0.1, -0.05) is 41.5 Å². The molecule has 0 aromatic carbocycles. The summed E-state index contributed by atoms with van der Waals surface area (Å²) in [5.41, 5.74) is 12.0. The van der Waals surface area contributed by atoms with Gasteiger partial charge in [0, 0.05) is 47.8 Å². The summed E-state index contributed by atoms with van der Waals surface area (Å²) in [5, 5.41) is 12.3. The lowest BCUT2D eigenvalue weighted by Gasteiger charge is -2.38. The van der Waals surface area contributed by atoms with E-state index in [0.717, 1.165) is 64.2 Å². The van der Waals surface area contributed by atoms with Crippen molar-refractivity contribution < 1.29 is 55.8 Å². The molecule has 0 unspecified atom stereocenters. The zero-order chi connectivity index (χ0) is 53.7. The number of nitrogens with two attached hydrogens (primary N) is 2. The monoisotopic (exact) mass is 1070 g/mol. The van der Waals surface area contributed by atoms with Crippen molar-refractivity contribution in [3.05, 3.63) is 0 Å². The first-order chi connectivity index (χ1) is 33.1. The van der Waals surface area contributed by atoms with Crippen LogP contribution in [0.25, 0.3) is 0 Å². The van der Waals surface area contributed by atoms with Gasteiger partial charge < -0.3 is 52.0 Å². The number of hydrogen-bond acceptors (Lipinski definition) is 14. The van der Waals surface area contributed by atoms with E-state index in [4.69, 9.17) is 38.5 Å². The third-order valence-corrected chi connectivity index (χ3v) is 15.6. The number of alkyl carbamates (subject to hydrolysis) is 2. The van der Waals surface area contributed by atoms with Gasteiger partial charge in [0.25, 0.3) is 0 Å². The smallest absolute Gasteiger partial charge is 0.407 e. The Labute approximate surface area is 432 Å². The van der Waals surface area contributed by atoms with Gasteiger partial charge in [0.05, 0.1) is 13.2 Å². The molecular weight excluding hydrogens is 977 g/mol. The van der Waals surface area contributed by atoms with Crippen LogP contribution in [-0.4, -0.2) is 159 Å². The summed E-state index contributed by atoms with van der Waals surface area (Å²) in [6, 6.07) is -2.02. The van der Waals surface area contributed by atoms with Gasteiger partial charge in [0.15, 0.2) is 0 Å². The van der Waals surface area contributed by atoms with Crippen LogP contribution in [0.3, 0.4) is 0 Å². The maximum Gasteiger partial charge on any atom is 0.407 e. The van der Waals surface area contributed by atoms with Crippen molar-refractivity contribution >= 4 is 69.7 Å². The van der Waals surface area contributed by atoms with Crippen LogP contribution in [0, 0.1) is 11.8 Å². The van der Waals surface area contributed by atoms with E-state index in [9.17, 15) is 28.8 Å². The van der Waals surface area contributed by atoms with Gasteiger partial charge in [-0.25, -0.2) is 9.59 Å². The number of likely N-dealkylation sites (tertiary alicyclic amines) is 2. The number of amides is 6. The van der Waals surface area contributed by atoms with Crippen molar-refractivity contribution in [1.82, 2.24) is 31.1 Å². The molecule has 20 nitrogen and oxygen atoms in total. The predicted molar refractivity (Wildman–Crippen MR) is 280 cm³/mol. The molecular formula is C48H90N8O12S3. The summed E-state index contributed by atoms with van der Waals surface area (Å²) < 4.78 is 40.9. The average molecular weight is 1070 g/mol. The Morgan fingerprint density at radius 2 is 0.915 bits per heavy atom. The second kappa shape index (κ2) is 30.9. The minimum Gasteiger partial charge on any atom is -0.450 e. The molecule has 2 aliphatic heterocycles. The molecule has 0 radical (unpaired) electrons. The highest BCUT2D eigenvalue weighted by molar-refractivity contribution is 8.01. The minimum atomic E-state index is -4.67. The predicted octanol–water partition coefficient (Wildman–Crippen LogP) is 5.42. The summed E-state index contributed by atoms with van der Waals surface area (Å²) in [7, 11) is -4.67. The standard InChI is InChI=1S/2C24H44N4O4S.H2O4S/c2*1-6-14-32-23(31)27-20(24(4,5)33-16(2)3)22(30)28-13-7-8-19(28)21(29)26-15-17-9-11-18(25)12-10-17;1-5(2,3)4/h2*16-20H,6-15,25H2,1-5H3,(H,26,29)(H,27,31);(H2,1,2,3,4)/t2*17-,18-,19-,20-;/m00./s1. The summed E-state index contributed by atoms with van der Waals surface area (Å²) in [4.78, 5) is 81.5. The van der Waals surface area contributed by atoms with Crippen LogP contribution in [0.5, 0.6) is 0 Å². The maximum absolute atomic E-state index is 13.7. The van der Waals surface area contributed by atoms with Crippen molar-refractivity contribution in [1.29, 1.82) is 0 Å². The number of nitrogens with zero attached hydrogens (tertiary/aromatic N) is 2. The molecule has 4 atom stereocenters. The fourth-order valence-corrected chi connectivity index (χ4v) is 12.6. The lowest BCUT2D eigenvalue weighted by molar-refractivity contribution is -0.140. The van der Waals surface area contributed by atoms with Crippen molar-refractivity contribution in [2.75, 3.05) is 39.4 Å². The van der Waals surface area contributed by atoms with Crippen molar-refractivity contribution in [3.63, 3.8) is 0 Å². The van der Waals surface area contributed by atoms with Crippen molar-refractivity contribution in [2.45, 2.75) is 215 Å². The van der Waals surface area contributed by atoms with Crippen LogP contribution in [0.2, 0.25) is 0 Å². The fraction of sp³-hybridized carbons (Fsp3) is 0.875. The van der Waals surface area contributed by atoms with E-state index in [1.165, 1.54) is 0 Å². The average Bonchev–Trinajstić information content (AvgIpc) is 3.98. The second-order valence-corrected chi connectivity index (χ2v) is 26.2. The molecule has 4 aliphatic rings. The largest absolute Gasteiger partial charge is 0.450 e. The lowest BCUT2D eigenvalue weighted by Crippen LogP contribution is -2.60. The third kappa shape index (κ3) is 23.8. The Kier molecular flexibility index (Phi) is 27.9. The van der Waals surface area contributed by atoms with Gasteiger partial charge in [-0.05, 0) is 140 Å².